The van der Waals surface area contributed by atoms with Crippen LogP contribution in [0.15, 0.2) is 67.3 Å². The molecule has 4 aromatic heterocycles. The zero-order valence-electron chi connectivity index (χ0n) is 17.6. The number of alkyl halides is 3. The van der Waals surface area contributed by atoms with E-state index in [-0.39, 0.29) is 17.2 Å². The van der Waals surface area contributed by atoms with Gasteiger partial charge in [-0.25, -0.2) is 14.6 Å². The lowest BCUT2D eigenvalue weighted by Gasteiger charge is -2.12. The van der Waals surface area contributed by atoms with Crippen molar-refractivity contribution in [2.24, 2.45) is 0 Å². The second-order valence-corrected chi connectivity index (χ2v) is 7.22. The van der Waals surface area contributed by atoms with Crippen LogP contribution in [0.1, 0.15) is 16.1 Å². The summed E-state index contributed by atoms with van der Waals surface area (Å²) in [6.45, 7) is 0. The predicted molar refractivity (Wildman–Crippen MR) is 116 cm³/mol. The molecule has 4 rings (SSSR count). The predicted octanol–water partition coefficient (Wildman–Crippen LogP) is 4.06. The topological polar surface area (TPSA) is 88.8 Å². The number of nitrogens with one attached hydrogen (secondary N) is 1. The number of halogens is 3. The Morgan fingerprint density at radius 3 is 2.48 bits per heavy atom. The minimum absolute atomic E-state index is 0.0919. The van der Waals surface area contributed by atoms with E-state index in [4.69, 9.17) is 0 Å². The van der Waals surface area contributed by atoms with Gasteiger partial charge in [-0.15, -0.1) is 0 Å². The van der Waals surface area contributed by atoms with Crippen molar-refractivity contribution in [1.82, 2.24) is 24.7 Å². The minimum Gasteiger partial charge on any atom is -0.363 e. The molecule has 0 radical (unpaired) electrons. The quantitative estimate of drug-likeness (QED) is 0.490. The molecular formula is C22H18F3N7O. The summed E-state index contributed by atoms with van der Waals surface area (Å²) in [7, 11) is 3.60. The summed E-state index contributed by atoms with van der Waals surface area (Å²) in [4.78, 5) is 26.4. The second-order valence-electron chi connectivity index (χ2n) is 7.22. The fourth-order valence-electron chi connectivity index (χ4n) is 3.01. The number of nitrogens with zero attached hydrogens (tertiary/aromatic N) is 6. The number of aromatic nitrogens is 5. The Labute approximate surface area is 186 Å². The molecule has 4 aromatic rings. The molecule has 0 aliphatic carbocycles. The van der Waals surface area contributed by atoms with E-state index in [1.54, 1.807) is 43.3 Å². The van der Waals surface area contributed by atoms with Crippen LogP contribution >= 0.6 is 0 Å². The molecule has 0 atom stereocenters. The molecule has 0 aliphatic rings. The van der Waals surface area contributed by atoms with Crippen LogP contribution in [-0.4, -0.2) is 44.7 Å². The van der Waals surface area contributed by atoms with Crippen molar-refractivity contribution in [3.8, 4) is 16.9 Å². The molecule has 0 aromatic carbocycles. The van der Waals surface area contributed by atoms with E-state index in [1.165, 1.54) is 36.9 Å². The maximum atomic E-state index is 13.6. The van der Waals surface area contributed by atoms with E-state index in [2.05, 4.69) is 25.4 Å². The smallest absolute Gasteiger partial charge is 0.363 e. The maximum Gasteiger partial charge on any atom is 0.433 e. The fourth-order valence-corrected chi connectivity index (χ4v) is 3.01. The molecule has 1 amide bonds. The van der Waals surface area contributed by atoms with Crippen molar-refractivity contribution in [3.63, 3.8) is 0 Å². The third-order valence-electron chi connectivity index (χ3n) is 4.66. The molecule has 0 aliphatic heterocycles. The van der Waals surface area contributed by atoms with Crippen LogP contribution in [0.3, 0.4) is 0 Å². The maximum absolute atomic E-state index is 13.6. The Kier molecular flexibility index (Phi) is 5.78. The standard InChI is InChI=1S/C22H18F3N7O/c1-31(2)20-10-14(7-9-27-20)21(33)29-19-6-5-16(13-28-19)32-18(22(23,24)25)11-17(30-32)15-4-3-8-26-12-15/h3-13H,1-2H3,(H,28,29,33). The molecule has 0 unspecified atom stereocenters. The SMILES string of the molecule is CN(C)c1cc(C(=O)Nc2ccc(-n3nc(-c4cccnc4)cc3C(F)(F)F)cn2)ccn1. The summed E-state index contributed by atoms with van der Waals surface area (Å²) < 4.78 is 41.7. The second kappa shape index (κ2) is 8.69. The van der Waals surface area contributed by atoms with Crippen LogP contribution in [-0.2, 0) is 6.18 Å². The van der Waals surface area contributed by atoms with E-state index in [0.29, 0.717) is 16.9 Å². The Morgan fingerprint density at radius 2 is 1.85 bits per heavy atom. The first-order chi connectivity index (χ1) is 15.7. The lowest BCUT2D eigenvalue weighted by molar-refractivity contribution is -0.142. The van der Waals surface area contributed by atoms with Crippen LogP contribution in [0, 0.1) is 0 Å². The van der Waals surface area contributed by atoms with Crippen LogP contribution in [0.2, 0.25) is 0 Å². The first kappa shape index (κ1) is 21.9. The number of hydrogen-bond donors (Lipinski definition) is 1. The van der Waals surface area contributed by atoms with Crippen molar-refractivity contribution in [3.05, 3.63) is 78.5 Å². The third kappa shape index (κ3) is 4.81. The van der Waals surface area contributed by atoms with Crippen LogP contribution in [0.25, 0.3) is 16.9 Å². The Hall–Kier alpha value is -4.28. The zero-order valence-corrected chi connectivity index (χ0v) is 17.6. The van der Waals surface area contributed by atoms with E-state index in [0.717, 1.165) is 10.7 Å². The van der Waals surface area contributed by atoms with Gasteiger partial charge in [0.05, 0.1) is 17.6 Å². The van der Waals surface area contributed by atoms with Gasteiger partial charge in [0.15, 0.2) is 0 Å². The van der Waals surface area contributed by atoms with E-state index >= 15 is 0 Å². The number of amides is 1. The third-order valence-corrected chi connectivity index (χ3v) is 4.66. The van der Waals surface area contributed by atoms with Crippen molar-refractivity contribution < 1.29 is 18.0 Å². The van der Waals surface area contributed by atoms with Gasteiger partial charge < -0.3 is 10.2 Å². The Balaban J connectivity index is 1.60. The highest BCUT2D eigenvalue weighted by atomic mass is 19.4. The van der Waals surface area contributed by atoms with Crippen molar-refractivity contribution >= 4 is 17.5 Å². The summed E-state index contributed by atoms with van der Waals surface area (Å²) in [5, 5.41) is 6.72. The molecule has 0 saturated heterocycles. The largest absolute Gasteiger partial charge is 0.433 e. The molecule has 11 heteroatoms. The number of carbonyl (C=O) groups excluding carboxylic acids is 1. The number of carbonyl (C=O) groups is 1. The summed E-state index contributed by atoms with van der Waals surface area (Å²) in [6, 6.07) is 10.2. The Bertz CT molecular complexity index is 1270. The molecule has 168 valence electrons. The number of hydrogen-bond acceptors (Lipinski definition) is 6. The lowest BCUT2D eigenvalue weighted by Crippen LogP contribution is -2.16. The van der Waals surface area contributed by atoms with Crippen molar-refractivity contribution in [1.29, 1.82) is 0 Å². The van der Waals surface area contributed by atoms with Crippen LogP contribution < -0.4 is 10.2 Å². The lowest BCUT2D eigenvalue weighted by atomic mass is 10.2. The van der Waals surface area contributed by atoms with Crippen molar-refractivity contribution in [2.75, 3.05) is 24.3 Å². The summed E-state index contributed by atoms with van der Waals surface area (Å²) in [5.74, 6) is 0.364. The highest BCUT2D eigenvalue weighted by Gasteiger charge is 2.36. The average Bonchev–Trinajstić information content (AvgIpc) is 3.26. The van der Waals surface area contributed by atoms with Gasteiger partial charge in [-0.2, -0.15) is 18.3 Å². The van der Waals surface area contributed by atoms with E-state index in [9.17, 15) is 18.0 Å². The highest BCUT2D eigenvalue weighted by Crippen LogP contribution is 2.34. The summed E-state index contributed by atoms with van der Waals surface area (Å²) in [5.41, 5.74) is 0.0876. The molecular weight excluding hydrogens is 435 g/mol. The average molecular weight is 453 g/mol. The van der Waals surface area contributed by atoms with Gasteiger partial charge in [0.1, 0.15) is 17.3 Å². The monoisotopic (exact) mass is 453 g/mol. The molecule has 1 N–H and O–H groups in total. The molecule has 0 saturated carbocycles. The van der Waals surface area contributed by atoms with Crippen molar-refractivity contribution in [2.45, 2.75) is 6.18 Å². The molecule has 0 spiro atoms. The van der Waals surface area contributed by atoms with Gasteiger partial charge in [-0.05, 0) is 42.5 Å². The number of pyridine rings is 3. The van der Waals surface area contributed by atoms with Gasteiger partial charge in [-0.3, -0.25) is 9.78 Å². The zero-order chi connectivity index (χ0) is 23.6. The van der Waals surface area contributed by atoms with E-state index < -0.39 is 17.8 Å². The van der Waals surface area contributed by atoms with Gasteiger partial charge in [0, 0.05) is 43.8 Å². The molecule has 0 fully saturated rings. The van der Waals surface area contributed by atoms with E-state index in [1.807, 2.05) is 0 Å². The van der Waals surface area contributed by atoms with Crippen LogP contribution in [0.5, 0.6) is 0 Å². The normalized spacial score (nSPS) is 11.3. The van der Waals surface area contributed by atoms with Crippen LogP contribution in [0.4, 0.5) is 24.8 Å². The first-order valence-corrected chi connectivity index (χ1v) is 9.71. The van der Waals surface area contributed by atoms with Gasteiger partial charge in [0.25, 0.3) is 5.91 Å². The van der Waals surface area contributed by atoms with Gasteiger partial charge in [-0.1, -0.05) is 0 Å². The van der Waals surface area contributed by atoms with Gasteiger partial charge >= 0.3 is 6.18 Å². The van der Waals surface area contributed by atoms with Gasteiger partial charge in [0.2, 0.25) is 0 Å². The molecule has 4 heterocycles. The molecule has 8 nitrogen and oxygen atoms in total. The molecule has 0 bridgehead atoms. The number of rotatable bonds is 5. The first-order valence-electron chi connectivity index (χ1n) is 9.71. The summed E-state index contributed by atoms with van der Waals surface area (Å²) in [6.07, 6.45) is 1.05. The molecule has 33 heavy (non-hydrogen) atoms. The Morgan fingerprint density at radius 1 is 1.03 bits per heavy atom. The highest BCUT2D eigenvalue weighted by molar-refractivity contribution is 6.04. The fraction of sp³-hybridized carbons (Fsp3) is 0.136. The number of anilines is 2. The minimum atomic E-state index is -4.63. The summed E-state index contributed by atoms with van der Waals surface area (Å²) >= 11 is 0.